The maximum atomic E-state index is 11.9. The lowest BCUT2D eigenvalue weighted by atomic mass is 10.1. The van der Waals surface area contributed by atoms with E-state index < -0.39 is 20.5 Å². The molecule has 0 aliphatic rings. The van der Waals surface area contributed by atoms with Gasteiger partial charge >= 0.3 is 14.8 Å². The topological polar surface area (TPSA) is 54.0 Å². The molecule has 6 heteroatoms. The van der Waals surface area contributed by atoms with E-state index >= 15 is 0 Å². The van der Waals surface area contributed by atoms with Gasteiger partial charge in [0.05, 0.1) is 0 Å². The first-order valence-electron chi connectivity index (χ1n) is 8.49. The second kappa shape index (κ2) is 12.7. The smallest absolute Gasteiger partial charge is 0.454 e. The molecule has 0 radical (unpaired) electrons. The van der Waals surface area contributed by atoms with E-state index in [4.69, 9.17) is 18.0 Å². The molecule has 0 fully saturated rings. The van der Waals surface area contributed by atoms with Gasteiger partial charge in [0.2, 0.25) is 0 Å². The van der Waals surface area contributed by atoms with Crippen LogP contribution in [0.2, 0.25) is 0 Å². The minimum atomic E-state index is -3.02. The van der Waals surface area contributed by atoms with Crippen LogP contribution in [0.25, 0.3) is 0 Å². The maximum Gasteiger partial charge on any atom is 0.543 e. The van der Waals surface area contributed by atoms with Crippen molar-refractivity contribution in [2.75, 3.05) is 21.3 Å². The van der Waals surface area contributed by atoms with Crippen LogP contribution in [-0.4, -0.2) is 41.8 Å². The average Bonchev–Trinajstić information content (AvgIpc) is 2.55. The molecule has 0 spiro atoms. The van der Waals surface area contributed by atoms with E-state index in [9.17, 15) is 4.79 Å². The molecule has 0 saturated carbocycles. The van der Waals surface area contributed by atoms with Crippen molar-refractivity contribution in [3.63, 3.8) is 0 Å². The molecule has 23 heavy (non-hydrogen) atoms. The molecule has 0 aliphatic heterocycles. The minimum Gasteiger partial charge on any atom is -0.454 e. The van der Waals surface area contributed by atoms with Crippen molar-refractivity contribution in [1.82, 2.24) is 0 Å². The Bertz CT molecular complexity index is 334. The summed E-state index contributed by atoms with van der Waals surface area (Å²) in [5.74, 6) is -0.430. The normalized spacial score (nSPS) is 12.9. The molecule has 5 nitrogen and oxygen atoms in total. The highest BCUT2D eigenvalue weighted by molar-refractivity contribution is 6.62. The molecule has 0 heterocycles. The van der Waals surface area contributed by atoms with Gasteiger partial charge in [-0.25, -0.2) is 4.79 Å². The fraction of sp³-hybridized carbons (Fsp3) is 0.824. The quantitative estimate of drug-likeness (QED) is 0.206. The predicted octanol–water partition coefficient (Wildman–Crippen LogP) is 4.03. The Kier molecular flexibility index (Phi) is 12.3. The zero-order valence-corrected chi connectivity index (χ0v) is 16.5. The number of hydrogen-bond donors (Lipinski definition) is 0. The Morgan fingerprint density at radius 3 is 1.87 bits per heavy atom. The molecule has 0 aromatic carbocycles. The first-order chi connectivity index (χ1) is 11.0. The molecular formula is C17H34O5Si. The summed E-state index contributed by atoms with van der Waals surface area (Å²) in [5.41, 5.74) is -0.136. The van der Waals surface area contributed by atoms with E-state index in [1.165, 1.54) is 53.4 Å². The second-order valence-corrected chi connectivity index (χ2v) is 8.88. The van der Waals surface area contributed by atoms with Crippen molar-refractivity contribution in [2.24, 2.45) is 0 Å². The summed E-state index contributed by atoms with van der Waals surface area (Å²) in [5, 5.41) is 0. The van der Waals surface area contributed by atoms with Gasteiger partial charge in [-0.3, -0.25) is 0 Å². The minimum absolute atomic E-state index is 0.362. The Labute approximate surface area is 142 Å². The van der Waals surface area contributed by atoms with Gasteiger partial charge in [0.25, 0.3) is 0 Å². The molecular weight excluding hydrogens is 312 g/mol. The summed E-state index contributed by atoms with van der Waals surface area (Å²) in [6.45, 7) is 7.47. The third-order valence-electron chi connectivity index (χ3n) is 3.92. The number of rotatable bonds is 14. The van der Waals surface area contributed by atoms with Crippen molar-refractivity contribution in [3.8, 4) is 0 Å². The van der Waals surface area contributed by atoms with Crippen LogP contribution in [0.5, 0.6) is 0 Å². The van der Waals surface area contributed by atoms with Crippen molar-refractivity contribution in [3.05, 3.63) is 12.2 Å². The van der Waals surface area contributed by atoms with Crippen molar-refractivity contribution >= 4 is 14.8 Å². The summed E-state index contributed by atoms with van der Waals surface area (Å²) in [7, 11) is 1.58. The molecule has 0 bridgehead atoms. The molecule has 136 valence electrons. The first-order valence-corrected chi connectivity index (χ1v) is 10.3. The monoisotopic (exact) mass is 346 g/mol. The summed E-state index contributed by atoms with van der Waals surface area (Å²) >= 11 is 0. The number of carbonyl (C=O) groups is 1. The van der Waals surface area contributed by atoms with Crippen LogP contribution in [-0.2, 0) is 22.8 Å². The van der Waals surface area contributed by atoms with E-state index in [-0.39, 0.29) is 0 Å². The molecule has 0 aromatic rings. The van der Waals surface area contributed by atoms with Gasteiger partial charge < -0.3 is 18.0 Å². The van der Waals surface area contributed by atoms with Gasteiger partial charge in [0, 0.05) is 26.9 Å². The van der Waals surface area contributed by atoms with Gasteiger partial charge in [-0.15, -0.1) is 0 Å². The predicted molar refractivity (Wildman–Crippen MR) is 94.1 cm³/mol. The number of hydrogen-bond acceptors (Lipinski definition) is 5. The standard InChI is InChI=1S/C17H34O5Si/c1-7-8-9-10-11-12-13-14-16(22-17(18)15(2)3)23(19-4,20-5)21-6/h16H,2,7-14H2,1,3-6H3. The van der Waals surface area contributed by atoms with Gasteiger partial charge in [-0.05, 0) is 19.8 Å². The highest BCUT2D eigenvalue weighted by Crippen LogP contribution is 2.22. The number of carbonyl (C=O) groups excluding carboxylic acids is 1. The van der Waals surface area contributed by atoms with Crippen LogP contribution in [0, 0.1) is 0 Å². The lowest BCUT2D eigenvalue weighted by molar-refractivity contribution is -0.144. The first kappa shape index (κ1) is 22.3. The van der Waals surface area contributed by atoms with Crippen LogP contribution >= 0.6 is 0 Å². The number of ether oxygens (including phenoxy) is 1. The number of esters is 1. The Hall–Kier alpha value is -0.693. The molecule has 0 rings (SSSR count). The number of unbranched alkanes of at least 4 members (excludes halogenated alkanes) is 6. The highest BCUT2D eigenvalue weighted by Gasteiger charge is 2.50. The zero-order chi connectivity index (χ0) is 17.7. The molecule has 0 amide bonds. The lowest BCUT2D eigenvalue weighted by Gasteiger charge is -2.31. The SMILES string of the molecule is C=C(C)C(=O)OC(CCCCCCCCC)[Si](OC)(OC)OC. The van der Waals surface area contributed by atoms with E-state index in [1.54, 1.807) is 6.92 Å². The molecule has 0 aliphatic carbocycles. The van der Waals surface area contributed by atoms with Crippen LogP contribution < -0.4 is 0 Å². The van der Waals surface area contributed by atoms with Crippen LogP contribution in [0.3, 0.4) is 0 Å². The van der Waals surface area contributed by atoms with E-state index in [2.05, 4.69) is 13.5 Å². The lowest BCUT2D eigenvalue weighted by Crippen LogP contribution is -2.56. The fourth-order valence-corrected chi connectivity index (χ4v) is 4.57. The molecule has 0 aromatic heterocycles. The Morgan fingerprint density at radius 1 is 0.957 bits per heavy atom. The molecule has 0 saturated heterocycles. The second-order valence-electron chi connectivity index (χ2n) is 5.80. The average molecular weight is 347 g/mol. The van der Waals surface area contributed by atoms with Crippen molar-refractivity contribution in [1.29, 1.82) is 0 Å². The van der Waals surface area contributed by atoms with Crippen LogP contribution in [0.1, 0.15) is 65.2 Å². The third kappa shape index (κ3) is 8.10. The molecule has 0 N–H and O–H groups in total. The fourth-order valence-electron chi connectivity index (χ4n) is 2.47. The van der Waals surface area contributed by atoms with E-state index in [0.29, 0.717) is 12.0 Å². The van der Waals surface area contributed by atoms with E-state index in [0.717, 1.165) is 12.8 Å². The van der Waals surface area contributed by atoms with Crippen molar-refractivity contribution in [2.45, 2.75) is 70.9 Å². The maximum absolute atomic E-state index is 11.9. The van der Waals surface area contributed by atoms with Crippen molar-refractivity contribution < 1.29 is 22.8 Å². The summed E-state index contributed by atoms with van der Waals surface area (Å²) in [4.78, 5) is 11.9. The molecule has 1 unspecified atom stereocenters. The zero-order valence-electron chi connectivity index (χ0n) is 15.5. The van der Waals surface area contributed by atoms with Gasteiger partial charge in [0.15, 0.2) is 5.73 Å². The summed E-state index contributed by atoms with van der Waals surface area (Å²) in [6.07, 6.45) is 9.02. The molecule has 1 atom stereocenters. The summed E-state index contributed by atoms with van der Waals surface area (Å²) in [6, 6.07) is 0. The summed E-state index contributed by atoms with van der Waals surface area (Å²) < 4.78 is 22.0. The van der Waals surface area contributed by atoms with Gasteiger partial charge in [-0.2, -0.15) is 0 Å². The largest absolute Gasteiger partial charge is 0.543 e. The third-order valence-corrected chi connectivity index (χ3v) is 6.82. The Balaban J connectivity index is 4.55. The Morgan fingerprint density at radius 2 is 1.43 bits per heavy atom. The van der Waals surface area contributed by atoms with Crippen LogP contribution in [0.15, 0.2) is 12.2 Å². The van der Waals surface area contributed by atoms with E-state index in [1.807, 2.05) is 0 Å². The van der Waals surface area contributed by atoms with Crippen LogP contribution in [0.4, 0.5) is 0 Å². The highest BCUT2D eigenvalue weighted by atomic mass is 28.4. The van der Waals surface area contributed by atoms with Gasteiger partial charge in [-0.1, -0.05) is 52.0 Å². The van der Waals surface area contributed by atoms with Gasteiger partial charge in [0.1, 0.15) is 0 Å².